The lowest BCUT2D eigenvalue weighted by atomic mass is 10.2. The number of sulfonamides is 1. The number of ether oxygens (including phenoxy) is 1. The standard InChI is InChI=1S/C20H17FN4O3S/c1-28-18-4-2-3-15(11-18)12-25(17-7-5-16(21)6-8-17)29(26,27)19-9-10-20-23-22-14-24(20)13-19/h2-11,13-14H,12H2,1H3. The molecule has 0 fully saturated rings. The van der Waals surface area contributed by atoms with Gasteiger partial charge >= 0.3 is 0 Å². The smallest absolute Gasteiger partial charge is 0.266 e. The summed E-state index contributed by atoms with van der Waals surface area (Å²) >= 11 is 0. The molecule has 29 heavy (non-hydrogen) atoms. The molecule has 0 saturated heterocycles. The third-order valence-corrected chi connectivity index (χ3v) is 6.18. The van der Waals surface area contributed by atoms with Crippen LogP contribution in [0.15, 0.2) is 78.1 Å². The van der Waals surface area contributed by atoms with Gasteiger partial charge in [-0.05, 0) is 54.1 Å². The lowest BCUT2D eigenvalue weighted by molar-refractivity contribution is 0.414. The van der Waals surface area contributed by atoms with Crippen molar-refractivity contribution in [1.29, 1.82) is 0 Å². The molecule has 0 radical (unpaired) electrons. The molecule has 2 aromatic carbocycles. The van der Waals surface area contributed by atoms with Crippen molar-refractivity contribution in [3.05, 3.63) is 84.6 Å². The first-order valence-corrected chi connectivity index (χ1v) is 10.1. The van der Waals surface area contributed by atoms with Gasteiger partial charge in [-0.2, -0.15) is 0 Å². The molecule has 0 spiro atoms. The number of nitrogens with zero attached hydrogens (tertiary/aromatic N) is 4. The molecule has 0 atom stereocenters. The lowest BCUT2D eigenvalue weighted by Gasteiger charge is -2.25. The number of aromatic nitrogens is 3. The Labute approximate surface area is 167 Å². The van der Waals surface area contributed by atoms with Crippen LogP contribution >= 0.6 is 0 Å². The second-order valence-electron chi connectivity index (χ2n) is 6.30. The molecule has 0 N–H and O–H groups in total. The molecule has 0 aliphatic heterocycles. The highest BCUT2D eigenvalue weighted by Gasteiger charge is 2.26. The molecular weight excluding hydrogens is 395 g/mol. The minimum atomic E-state index is -3.96. The Hall–Kier alpha value is -3.46. The van der Waals surface area contributed by atoms with Crippen LogP contribution in [0.1, 0.15) is 5.56 Å². The second-order valence-corrected chi connectivity index (χ2v) is 8.16. The van der Waals surface area contributed by atoms with Crippen LogP contribution in [0.25, 0.3) is 5.65 Å². The Bertz CT molecular complexity index is 1260. The topological polar surface area (TPSA) is 76.8 Å². The first kappa shape index (κ1) is 18.9. The number of hydrogen-bond acceptors (Lipinski definition) is 5. The molecule has 0 aliphatic carbocycles. The summed E-state index contributed by atoms with van der Waals surface area (Å²) in [5.74, 6) is 0.170. The lowest BCUT2D eigenvalue weighted by Crippen LogP contribution is -2.30. The van der Waals surface area contributed by atoms with E-state index < -0.39 is 15.8 Å². The largest absolute Gasteiger partial charge is 0.497 e. The summed E-state index contributed by atoms with van der Waals surface area (Å²) in [5.41, 5.74) is 1.60. The van der Waals surface area contributed by atoms with E-state index in [4.69, 9.17) is 4.74 Å². The van der Waals surface area contributed by atoms with Crippen molar-refractivity contribution < 1.29 is 17.5 Å². The van der Waals surface area contributed by atoms with Crippen molar-refractivity contribution in [2.75, 3.05) is 11.4 Å². The molecular formula is C20H17FN4O3S. The van der Waals surface area contributed by atoms with Crippen molar-refractivity contribution >= 4 is 21.4 Å². The summed E-state index contributed by atoms with van der Waals surface area (Å²) in [6.45, 7) is 0.0470. The maximum Gasteiger partial charge on any atom is 0.266 e. The highest BCUT2D eigenvalue weighted by Crippen LogP contribution is 2.27. The van der Waals surface area contributed by atoms with E-state index in [1.165, 1.54) is 51.6 Å². The number of anilines is 1. The molecule has 0 aliphatic rings. The second kappa shape index (κ2) is 7.51. The fourth-order valence-corrected chi connectivity index (χ4v) is 4.41. The van der Waals surface area contributed by atoms with Gasteiger partial charge in [-0.1, -0.05) is 12.1 Å². The van der Waals surface area contributed by atoms with Crippen molar-refractivity contribution in [1.82, 2.24) is 14.6 Å². The minimum absolute atomic E-state index is 0.0470. The molecule has 148 valence electrons. The summed E-state index contributed by atoms with van der Waals surface area (Å²) in [5, 5.41) is 7.66. The zero-order chi connectivity index (χ0) is 20.4. The Kier molecular flexibility index (Phi) is 4.89. The molecule has 9 heteroatoms. The van der Waals surface area contributed by atoms with E-state index in [2.05, 4.69) is 10.2 Å². The Morgan fingerprint density at radius 3 is 2.66 bits per heavy atom. The van der Waals surface area contributed by atoms with Gasteiger partial charge in [0.1, 0.15) is 22.8 Å². The first-order chi connectivity index (χ1) is 14.0. The van der Waals surface area contributed by atoms with Gasteiger partial charge in [0.15, 0.2) is 5.65 Å². The van der Waals surface area contributed by atoms with Gasteiger partial charge in [-0.25, -0.2) is 12.8 Å². The van der Waals surface area contributed by atoms with Gasteiger partial charge in [0.05, 0.1) is 19.3 Å². The number of rotatable bonds is 6. The maximum atomic E-state index is 13.5. The Balaban J connectivity index is 1.80. The summed E-state index contributed by atoms with van der Waals surface area (Å²) in [6, 6.07) is 15.5. The van der Waals surface area contributed by atoms with Crippen LogP contribution < -0.4 is 9.04 Å². The molecule has 7 nitrogen and oxygen atoms in total. The number of benzene rings is 2. The molecule has 2 heterocycles. The van der Waals surface area contributed by atoms with E-state index in [0.29, 0.717) is 17.1 Å². The zero-order valence-electron chi connectivity index (χ0n) is 15.4. The maximum absolute atomic E-state index is 13.5. The van der Waals surface area contributed by atoms with Crippen molar-refractivity contribution in [3.63, 3.8) is 0 Å². The number of methoxy groups -OCH3 is 1. The average Bonchev–Trinajstić information content (AvgIpc) is 3.21. The number of hydrogen-bond donors (Lipinski definition) is 0. The minimum Gasteiger partial charge on any atom is -0.497 e. The van der Waals surface area contributed by atoms with Crippen LogP contribution in [0, 0.1) is 5.82 Å². The fourth-order valence-electron chi connectivity index (χ4n) is 2.95. The highest BCUT2D eigenvalue weighted by atomic mass is 32.2. The molecule has 0 amide bonds. The Morgan fingerprint density at radius 2 is 1.90 bits per heavy atom. The van der Waals surface area contributed by atoms with Gasteiger partial charge < -0.3 is 4.74 Å². The molecule has 0 bridgehead atoms. The molecule has 4 aromatic rings. The monoisotopic (exact) mass is 412 g/mol. The fraction of sp³-hybridized carbons (Fsp3) is 0.100. The third kappa shape index (κ3) is 3.77. The molecule has 0 saturated carbocycles. The Morgan fingerprint density at radius 1 is 1.10 bits per heavy atom. The van der Waals surface area contributed by atoms with E-state index in [1.807, 2.05) is 0 Å². The predicted octanol–water partition coefficient (Wildman–Crippen LogP) is 3.27. The quantitative estimate of drug-likeness (QED) is 0.486. The summed E-state index contributed by atoms with van der Waals surface area (Å²) in [6.07, 6.45) is 2.88. The van der Waals surface area contributed by atoms with Crippen molar-refractivity contribution in [2.24, 2.45) is 0 Å². The number of halogens is 1. The number of pyridine rings is 1. The van der Waals surface area contributed by atoms with Crippen LogP contribution in [0.3, 0.4) is 0 Å². The summed E-state index contributed by atoms with van der Waals surface area (Å²) < 4.78 is 48.4. The van der Waals surface area contributed by atoms with Crippen LogP contribution in [0.5, 0.6) is 5.75 Å². The van der Waals surface area contributed by atoms with Crippen LogP contribution in [0.2, 0.25) is 0 Å². The number of fused-ring (bicyclic) bond motifs is 1. The first-order valence-electron chi connectivity index (χ1n) is 8.68. The van der Waals surface area contributed by atoms with Gasteiger partial charge in [-0.15, -0.1) is 10.2 Å². The summed E-state index contributed by atoms with van der Waals surface area (Å²) in [7, 11) is -2.42. The van der Waals surface area contributed by atoms with Gasteiger partial charge in [0.2, 0.25) is 0 Å². The van der Waals surface area contributed by atoms with Crippen LogP contribution in [0.4, 0.5) is 10.1 Å². The molecule has 4 rings (SSSR count). The van der Waals surface area contributed by atoms with E-state index in [1.54, 1.807) is 37.4 Å². The zero-order valence-corrected chi connectivity index (χ0v) is 16.3. The summed E-state index contributed by atoms with van der Waals surface area (Å²) in [4.78, 5) is 0.0667. The van der Waals surface area contributed by atoms with E-state index >= 15 is 0 Å². The van der Waals surface area contributed by atoms with Gasteiger partial charge in [0, 0.05) is 6.20 Å². The van der Waals surface area contributed by atoms with Gasteiger partial charge in [-0.3, -0.25) is 8.71 Å². The molecule has 2 aromatic heterocycles. The highest BCUT2D eigenvalue weighted by molar-refractivity contribution is 7.92. The third-order valence-electron chi connectivity index (χ3n) is 4.43. The van der Waals surface area contributed by atoms with E-state index in [-0.39, 0.29) is 11.4 Å². The van der Waals surface area contributed by atoms with E-state index in [9.17, 15) is 12.8 Å². The van der Waals surface area contributed by atoms with Crippen molar-refractivity contribution in [3.8, 4) is 5.75 Å². The van der Waals surface area contributed by atoms with Crippen LogP contribution in [-0.4, -0.2) is 30.1 Å². The van der Waals surface area contributed by atoms with E-state index in [0.717, 1.165) is 5.56 Å². The van der Waals surface area contributed by atoms with Crippen LogP contribution in [-0.2, 0) is 16.6 Å². The van der Waals surface area contributed by atoms with Gasteiger partial charge in [0.25, 0.3) is 10.0 Å². The predicted molar refractivity (Wildman–Crippen MR) is 106 cm³/mol. The SMILES string of the molecule is COc1cccc(CN(c2ccc(F)cc2)S(=O)(=O)c2ccc3nncn3c2)c1. The van der Waals surface area contributed by atoms with Crippen molar-refractivity contribution in [2.45, 2.75) is 11.4 Å². The molecule has 0 unspecified atom stereocenters. The average molecular weight is 412 g/mol. The normalized spacial score (nSPS) is 11.5.